The number of methoxy groups -OCH3 is 1. The molecule has 178 valence electrons. The lowest BCUT2D eigenvalue weighted by Crippen LogP contribution is -2.27. The monoisotopic (exact) mass is 483 g/mol. The normalized spacial score (nSPS) is 13.6. The fourth-order valence-electron chi connectivity index (χ4n) is 4.00. The van der Waals surface area contributed by atoms with E-state index in [1.807, 2.05) is 4.90 Å². The van der Waals surface area contributed by atoms with Gasteiger partial charge in [0.05, 0.1) is 23.4 Å². The second-order valence-corrected chi connectivity index (χ2v) is 9.92. The Morgan fingerprint density at radius 1 is 1.00 bits per heavy atom. The predicted octanol–water partition coefficient (Wildman–Crippen LogP) is 4.51. The molecule has 0 bridgehead atoms. The van der Waals surface area contributed by atoms with Crippen molar-refractivity contribution < 1.29 is 22.3 Å². The van der Waals surface area contributed by atoms with Crippen LogP contribution in [0.25, 0.3) is 0 Å². The molecule has 0 unspecified atom stereocenters. The molecule has 0 atom stereocenters. The smallest absolute Gasteiger partial charge is 0.264 e. The fourth-order valence-corrected chi connectivity index (χ4v) is 5.21. The lowest BCUT2D eigenvalue weighted by Gasteiger charge is -2.22. The van der Waals surface area contributed by atoms with Crippen LogP contribution in [0.3, 0.4) is 0 Å². The molecule has 3 aromatic rings. The largest absolute Gasteiger partial charge is 0.495 e. The Kier molecular flexibility index (Phi) is 6.74. The Labute approximate surface area is 198 Å². The molecule has 0 aliphatic carbocycles. The van der Waals surface area contributed by atoms with Gasteiger partial charge in [-0.25, -0.2) is 12.8 Å². The number of nitrogens with zero attached hydrogens (tertiary/aromatic N) is 2. The summed E-state index contributed by atoms with van der Waals surface area (Å²) in [6, 6.07) is 17.0. The highest BCUT2D eigenvalue weighted by molar-refractivity contribution is 7.92. The average Bonchev–Trinajstić information content (AvgIpc) is 3.39. The maximum atomic E-state index is 14.6. The van der Waals surface area contributed by atoms with Gasteiger partial charge in [0.2, 0.25) is 0 Å². The number of hydrogen-bond donors (Lipinski definition) is 1. The maximum Gasteiger partial charge on any atom is 0.264 e. The van der Waals surface area contributed by atoms with Crippen molar-refractivity contribution in [1.82, 2.24) is 0 Å². The molecule has 1 heterocycles. The van der Waals surface area contributed by atoms with Crippen LogP contribution in [-0.2, 0) is 10.0 Å². The number of para-hydroxylation sites is 3. The van der Waals surface area contributed by atoms with Gasteiger partial charge in [-0.3, -0.25) is 9.10 Å². The third kappa shape index (κ3) is 4.56. The summed E-state index contributed by atoms with van der Waals surface area (Å²) in [6.45, 7) is 1.61. The van der Waals surface area contributed by atoms with Crippen molar-refractivity contribution in [3.05, 3.63) is 78.1 Å². The summed E-state index contributed by atoms with van der Waals surface area (Å²) in [6.07, 6.45) is 2.03. The Bertz CT molecular complexity index is 1290. The third-order valence-electron chi connectivity index (χ3n) is 5.88. The first-order valence-corrected chi connectivity index (χ1v) is 12.3. The molecule has 0 radical (unpaired) electrons. The Morgan fingerprint density at radius 3 is 2.35 bits per heavy atom. The summed E-state index contributed by atoms with van der Waals surface area (Å²) in [5.41, 5.74) is 1.38. The van der Waals surface area contributed by atoms with E-state index in [1.165, 1.54) is 44.5 Å². The number of nitrogens with one attached hydrogen (secondary N) is 1. The van der Waals surface area contributed by atoms with E-state index in [0.717, 1.165) is 30.2 Å². The molecule has 1 saturated heterocycles. The van der Waals surface area contributed by atoms with Crippen LogP contribution in [0.1, 0.15) is 23.2 Å². The van der Waals surface area contributed by atoms with Crippen LogP contribution in [-0.4, -0.2) is 41.6 Å². The molecule has 1 N–H and O–H groups in total. The van der Waals surface area contributed by atoms with Crippen LogP contribution in [0.15, 0.2) is 71.6 Å². The highest BCUT2D eigenvalue weighted by Gasteiger charge is 2.24. The van der Waals surface area contributed by atoms with Crippen LogP contribution in [0.5, 0.6) is 5.75 Å². The second kappa shape index (κ2) is 9.72. The van der Waals surface area contributed by atoms with Crippen LogP contribution < -0.4 is 19.3 Å². The van der Waals surface area contributed by atoms with Crippen molar-refractivity contribution in [1.29, 1.82) is 0 Å². The summed E-state index contributed by atoms with van der Waals surface area (Å²) in [7, 11) is -0.989. The van der Waals surface area contributed by atoms with Gasteiger partial charge < -0.3 is 15.0 Å². The molecule has 4 rings (SSSR count). The summed E-state index contributed by atoms with van der Waals surface area (Å²) < 4.78 is 47.2. The number of rotatable bonds is 7. The van der Waals surface area contributed by atoms with Gasteiger partial charge in [0.1, 0.15) is 17.3 Å². The number of carbonyl (C=O) groups is 1. The minimum Gasteiger partial charge on any atom is -0.495 e. The van der Waals surface area contributed by atoms with Crippen LogP contribution in [0, 0.1) is 5.82 Å². The van der Waals surface area contributed by atoms with Crippen molar-refractivity contribution in [2.45, 2.75) is 17.7 Å². The van der Waals surface area contributed by atoms with Gasteiger partial charge in [-0.2, -0.15) is 0 Å². The van der Waals surface area contributed by atoms with Crippen molar-refractivity contribution in [2.75, 3.05) is 41.8 Å². The van der Waals surface area contributed by atoms with Gasteiger partial charge >= 0.3 is 0 Å². The summed E-state index contributed by atoms with van der Waals surface area (Å²) in [5.74, 6) is -0.619. The first-order chi connectivity index (χ1) is 16.3. The minimum atomic E-state index is -3.90. The standard InChI is InChI=1S/C25H26FN3O4S/c1-28(21-9-3-4-11-23(21)33-2)34(31,32)19-14-12-18(13-15-19)25(30)27-24-20(26)8-7-10-22(24)29-16-5-6-17-29/h3-4,7-15H,5-6,16-17H2,1-2H3,(H,27,30). The molecule has 0 spiro atoms. The average molecular weight is 484 g/mol. The van der Waals surface area contributed by atoms with E-state index >= 15 is 0 Å². The molecular weight excluding hydrogens is 457 g/mol. The highest BCUT2D eigenvalue weighted by atomic mass is 32.2. The van der Waals surface area contributed by atoms with Gasteiger partial charge in [-0.05, 0) is 61.4 Å². The van der Waals surface area contributed by atoms with Gasteiger partial charge in [0.25, 0.3) is 15.9 Å². The van der Waals surface area contributed by atoms with E-state index in [0.29, 0.717) is 17.1 Å². The van der Waals surface area contributed by atoms with Crippen molar-refractivity contribution in [3.63, 3.8) is 0 Å². The number of carbonyl (C=O) groups excluding carboxylic acids is 1. The molecule has 1 aliphatic heterocycles. The summed E-state index contributed by atoms with van der Waals surface area (Å²) >= 11 is 0. The van der Waals surface area contributed by atoms with Crippen molar-refractivity contribution >= 4 is 33.0 Å². The van der Waals surface area contributed by atoms with E-state index in [2.05, 4.69) is 5.32 Å². The Morgan fingerprint density at radius 2 is 1.68 bits per heavy atom. The van der Waals surface area contributed by atoms with E-state index in [1.54, 1.807) is 36.4 Å². The zero-order chi connectivity index (χ0) is 24.3. The minimum absolute atomic E-state index is 0.0149. The van der Waals surface area contributed by atoms with E-state index in [4.69, 9.17) is 4.74 Å². The molecule has 1 fully saturated rings. The Hall–Kier alpha value is -3.59. The van der Waals surface area contributed by atoms with Gasteiger partial charge in [0, 0.05) is 25.7 Å². The Balaban J connectivity index is 1.56. The quantitative estimate of drug-likeness (QED) is 0.535. The molecule has 3 aromatic carbocycles. The third-order valence-corrected chi connectivity index (χ3v) is 7.66. The molecular formula is C25H26FN3O4S. The fraction of sp³-hybridized carbons (Fsp3) is 0.240. The van der Waals surface area contributed by atoms with Crippen molar-refractivity contribution in [2.24, 2.45) is 0 Å². The molecule has 0 saturated carbocycles. The molecule has 1 amide bonds. The van der Waals surface area contributed by atoms with Crippen LogP contribution >= 0.6 is 0 Å². The number of ether oxygens (including phenoxy) is 1. The van der Waals surface area contributed by atoms with E-state index in [-0.39, 0.29) is 16.1 Å². The molecule has 7 nitrogen and oxygen atoms in total. The zero-order valence-corrected chi connectivity index (χ0v) is 19.8. The number of sulfonamides is 1. The number of anilines is 3. The number of hydrogen-bond acceptors (Lipinski definition) is 5. The van der Waals surface area contributed by atoms with E-state index in [9.17, 15) is 17.6 Å². The number of amides is 1. The first kappa shape index (κ1) is 23.6. The van der Waals surface area contributed by atoms with Crippen molar-refractivity contribution in [3.8, 4) is 5.75 Å². The molecule has 9 heteroatoms. The summed E-state index contributed by atoms with van der Waals surface area (Å²) in [5, 5.41) is 2.66. The van der Waals surface area contributed by atoms with Gasteiger partial charge in [0.15, 0.2) is 0 Å². The van der Waals surface area contributed by atoms with Gasteiger partial charge in [-0.1, -0.05) is 18.2 Å². The zero-order valence-electron chi connectivity index (χ0n) is 19.0. The lowest BCUT2D eigenvalue weighted by atomic mass is 10.2. The lowest BCUT2D eigenvalue weighted by molar-refractivity contribution is 0.102. The predicted molar refractivity (Wildman–Crippen MR) is 131 cm³/mol. The highest BCUT2D eigenvalue weighted by Crippen LogP contribution is 2.33. The first-order valence-electron chi connectivity index (χ1n) is 10.9. The second-order valence-electron chi connectivity index (χ2n) is 7.95. The topological polar surface area (TPSA) is 78.9 Å². The molecule has 0 aromatic heterocycles. The van der Waals surface area contributed by atoms with E-state index < -0.39 is 21.7 Å². The van der Waals surface area contributed by atoms with Crippen LogP contribution in [0.4, 0.5) is 21.5 Å². The van der Waals surface area contributed by atoms with Crippen LogP contribution in [0.2, 0.25) is 0 Å². The molecule has 1 aliphatic rings. The number of benzene rings is 3. The maximum absolute atomic E-state index is 14.6. The number of halogens is 1. The summed E-state index contributed by atoms with van der Waals surface area (Å²) in [4.78, 5) is 14.9. The SMILES string of the molecule is COc1ccccc1N(C)S(=O)(=O)c1ccc(C(=O)Nc2c(F)cccc2N2CCCC2)cc1. The van der Waals surface area contributed by atoms with Gasteiger partial charge in [-0.15, -0.1) is 0 Å². The molecule has 34 heavy (non-hydrogen) atoms.